The summed E-state index contributed by atoms with van der Waals surface area (Å²) in [5.41, 5.74) is 5.88. The fourth-order valence-electron chi connectivity index (χ4n) is 4.20. The van der Waals surface area contributed by atoms with Gasteiger partial charge in [0.15, 0.2) is 0 Å². The molecule has 0 saturated carbocycles. The summed E-state index contributed by atoms with van der Waals surface area (Å²) < 4.78 is 12.9. The number of anilines is 1. The number of nitrogens with zero attached hydrogens (tertiary/aromatic N) is 3. The molecule has 2 heterocycles. The number of rotatable bonds is 7. The van der Waals surface area contributed by atoms with Crippen LogP contribution in [-0.2, 0) is 30.7 Å². The Balaban J connectivity index is 1.25. The van der Waals surface area contributed by atoms with Crippen molar-refractivity contribution in [1.82, 2.24) is 14.9 Å². The number of ether oxygens (including phenoxy) is 1. The van der Waals surface area contributed by atoms with Gasteiger partial charge in [-0.3, -0.25) is 4.79 Å². The summed E-state index contributed by atoms with van der Waals surface area (Å²) in [5.74, 6) is 2.23. The minimum atomic E-state index is -0.0637. The number of hydrogen-bond donors (Lipinski definition) is 1. The molecule has 0 atom stereocenters. The normalized spacial score (nSPS) is 12.5. The lowest BCUT2D eigenvalue weighted by atomic mass is 10.1. The second-order valence-corrected chi connectivity index (χ2v) is 8.34. The van der Waals surface area contributed by atoms with Crippen LogP contribution in [0.2, 0.25) is 0 Å². The van der Waals surface area contributed by atoms with Crippen molar-refractivity contribution in [2.24, 2.45) is 0 Å². The third kappa shape index (κ3) is 4.39. The first-order valence-electron chi connectivity index (χ1n) is 11.2. The van der Waals surface area contributed by atoms with Crippen molar-refractivity contribution in [2.45, 2.75) is 46.1 Å². The molecule has 7 nitrogen and oxygen atoms in total. The van der Waals surface area contributed by atoms with Gasteiger partial charge in [0.05, 0.1) is 29.1 Å². The summed E-state index contributed by atoms with van der Waals surface area (Å²) in [5, 5.41) is 11.8. The van der Waals surface area contributed by atoms with Crippen LogP contribution >= 0.6 is 0 Å². The number of benzene rings is 2. The standard InChI is InChI=1S/C26H26N4O3/c1-17-23(18(2)33-29-17)16-32-21-13-11-19(12-14-21)15-25(31)27-26-22-9-6-10-24(22)28-30(26)20-7-4-3-5-8-20/h3-5,7-8,11-14H,6,9-10,15-16H2,1-2H3,(H,27,31). The topological polar surface area (TPSA) is 82.2 Å². The van der Waals surface area contributed by atoms with E-state index in [9.17, 15) is 4.79 Å². The first-order valence-corrected chi connectivity index (χ1v) is 11.2. The van der Waals surface area contributed by atoms with Gasteiger partial charge in [-0.2, -0.15) is 5.10 Å². The van der Waals surface area contributed by atoms with E-state index < -0.39 is 0 Å². The average Bonchev–Trinajstić information content (AvgIpc) is 3.50. The van der Waals surface area contributed by atoms with Gasteiger partial charge in [0.1, 0.15) is 23.9 Å². The van der Waals surface area contributed by atoms with Gasteiger partial charge in [-0.05, 0) is 62.9 Å². The molecule has 1 aliphatic carbocycles. The molecule has 0 spiro atoms. The van der Waals surface area contributed by atoms with Crippen molar-refractivity contribution in [3.05, 3.63) is 88.4 Å². The zero-order valence-corrected chi connectivity index (χ0v) is 18.8. The SMILES string of the molecule is Cc1noc(C)c1COc1ccc(CC(=O)Nc2c3c(nn2-c2ccccc2)CCC3)cc1. The summed E-state index contributed by atoms with van der Waals surface area (Å²) in [6.45, 7) is 4.17. The Bertz CT molecular complexity index is 1250. The molecular formula is C26H26N4O3. The summed E-state index contributed by atoms with van der Waals surface area (Å²) in [4.78, 5) is 12.9. The molecule has 1 amide bonds. The van der Waals surface area contributed by atoms with Gasteiger partial charge in [0.2, 0.25) is 5.91 Å². The van der Waals surface area contributed by atoms with Crippen LogP contribution < -0.4 is 10.1 Å². The van der Waals surface area contributed by atoms with Gasteiger partial charge < -0.3 is 14.6 Å². The van der Waals surface area contributed by atoms with E-state index in [1.807, 2.05) is 73.1 Å². The Morgan fingerprint density at radius 2 is 1.88 bits per heavy atom. The third-order valence-corrected chi connectivity index (χ3v) is 6.02. The number of carbonyl (C=O) groups is 1. The van der Waals surface area contributed by atoms with Crippen molar-refractivity contribution in [1.29, 1.82) is 0 Å². The number of nitrogens with one attached hydrogen (secondary N) is 1. The lowest BCUT2D eigenvalue weighted by Crippen LogP contribution is -2.18. The second kappa shape index (κ2) is 8.94. The Kier molecular flexibility index (Phi) is 5.69. The van der Waals surface area contributed by atoms with E-state index in [0.717, 1.165) is 70.4 Å². The van der Waals surface area contributed by atoms with Crippen LogP contribution in [0.5, 0.6) is 5.75 Å². The van der Waals surface area contributed by atoms with Crippen LogP contribution in [0, 0.1) is 13.8 Å². The van der Waals surface area contributed by atoms with Gasteiger partial charge in [-0.15, -0.1) is 0 Å². The average molecular weight is 443 g/mol. The van der Waals surface area contributed by atoms with E-state index in [1.165, 1.54) is 0 Å². The lowest BCUT2D eigenvalue weighted by molar-refractivity contribution is -0.115. The number of carbonyl (C=O) groups excluding carboxylic acids is 1. The first kappa shape index (κ1) is 21.0. The lowest BCUT2D eigenvalue weighted by Gasteiger charge is -2.11. The third-order valence-electron chi connectivity index (χ3n) is 6.02. The van der Waals surface area contributed by atoms with Crippen LogP contribution in [0.3, 0.4) is 0 Å². The molecule has 0 bridgehead atoms. The molecule has 4 aromatic rings. The highest BCUT2D eigenvalue weighted by Crippen LogP contribution is 2.31. The predicted octanol–water partition coefficient (Wildman–Crippen LogP) is 4.73. The zero-order valence-electron chi connectivity index (χ0n) is 18.8. The van der Waals surface area contributed by atoms with Crippen molar-refractivity contribution in [3.8, 4) is 11.4 Å². The van der Waals surface area contributed by atoms with Gasteiger partial charge in [-0.1, -0.05) is 35.5 Å². The minimum Gasteiger partial charge on any atom is -0.489 e. The molecule has 0 saturated heterocycles. The van der Waals surface area contributed by atoms with Crippen LogP contribution in [0.1, 0.15) is 40.3 Å². The molecule has 0 fully saturated rings. The Labute approximate surface area is 192 Å². The molecular weight excluding hydrogens is 416 g/mol. The maximum Gasteiger partial charge on any atom is 0.229 e. The van der Waals surface area contributed by atoms with E-state index in [1.54, 1.807) is 0 Å². The molecule has 7 heteroatoms. The highest BCUT2D eigenvalue weighted by molar-refractivity contribution is 5.92. The van der Waals surface area contributed by atoms with Gasteiger partial charge in [0, 0.05) is 5.56 Å². The second-order valence-electron chi connectivity index (χ2n) is 8.34. The number of aryl methyl sites for hydroxylation is 3. The summed E-state index contributed by atoms with van der Waals surface area (Å²) in [6, 6.07) is 17.5. The van der Waals surface area contributed by atoms with E-state index in [2.05, 4.69) is 10.5 Å². The number of amides is 1. The van der Waals surface area contributed by atoms with Crippen molar-refractivity contribution in [2.75, 3.05) is 5.32 Å². The van der Waals surface area contributed by atoms with Gasteiger partial charge >= 0.3 is 0 Å². The Morgan fingerprint density at radius 1 is 1.09 bits per heavy atom. The highest BCUT2D eigenvalue weighted by atomic mass is 16.5. The number of aromatic nitrogens is 3. The van der Waals surface area contributed by atoms with E-state index in [4.69, 9.17) is 14.4 Å². The van der Waals surface area contributed by atoms with E-state index >= 15 is 0 Å². The monoisotopic (exact) mass is 442 g/mol. The van der Waals surface area contributed by atoms with Crippen LogP contribution in [0.4, 0.5) is 5.82 Å². The molecule has 168 valence electrons. The van der Waals surface area contributed by atoms with Crippen molar-refractivity contribution >= 4 is 11.7 Å². The maximum absolute atomic E-state index is 12.9. The molecule has 5 rings (SSSR count). The highest BCUT2D eigenvalue weighted by Gasteiger charge is 2.24. The molecule has 0 aliphatic heterocycles. The minimum absolute atomic E-state index is 0.0637. The molecule has 0 radical (unpaired) electrons. The molecule has 2 aromatic heterocycles. The maximum atomic E-state index is 12.9. The van der Waals surface area contributed by atoms with Crippen LogP contribution in [0.15, 0.2) is 59.1 Å². The van der Waals surface area contributed by atoms with Crippen molar-refractivity contribution in [3.63, 3.8) is 0 Å². The molecule has 1 N–H and O–H groups in total. The molecule has 2 aromatic carbocycles. The molecule has 0 unspecified atom stereocenters. The predicted molar refractivity (Wildman–Crippen MR) is 125 cm³/mol. The fraction of sp³-hybridized carbons (Fsp3) is 0.269. The Hall–Kier alpha value is -3.87. The first-order chi connectivity index (χ1) is 16.1. The summed E-state index contributed by atoms with van der Waals surface area (Å²) >= 11 is 0. The number of para-hydroxylation sites is 1. The zero-order chi connectivity index (χ0) is 22.8. The van der Waals surface area contributed by atoms with E-state index in [0.29, 0.717) is 6.61 Å². The fourth-order valence-corrected chi connectivity index (χ4v) is 4.20. The van der Waals surface area contributed by atoms with E-state index in [-0.39, 0.29) is 12.3 Å². The quantitative estimate of drug-likeness (QED) is 0.448. The smallest absolute Gasteiger partial charge is 0.229 e. The largest absolute Gasteiger partial charge is 0.489 e. The summed E-state index contributed by atoms with van der Waals surface area (Å²) in [6.07, 6.45) is 3.24. The molecule has 33 heavy (non-hydrogen) atoms. The number of hydrogen-bond acceptors (Lipinski definition) is 5. The van der Waals surface area contributed by atoms with Gasteiger partial charge in [-0.25, -0.2) is 4.68 Å². The van der Waals surface area contributed by atoms with Gasteiger partial charge in [0.25, 0.3) is 0 Å². The summed E-state index contributed by atoms with van der Waals surface area (Å²) in [7, 11) is 0. The Morgan fingerprint density at radius 3 is 2.61 bits per heavy atom. The van der Waals surface area contributed by atoms with Crippen molar-refractivity contribution < 1.29 is 14.1 Å². The van der Waals surface area contributed by atoms with Crippen LogP contribution in [0.25, 0.3) is 5.69 Å². The van der Waals surface area contributed by atoms with Crippen LogP contribution in [-0.4, -0.2) is 20.8 Å². The molecule has 1 aliphatic rings. The number of fused-ring (bicyclic) bond motifs is 1.